The van der Waals surface area contributed by atoms with E-state index in [4.69, 9.17) is 36.5 Å². The molecule has 2 saturated heterocycles. The highest BCUT2D eigenvalue weighted by Gasteiger charge is 2.22. The van der Waals surface area contributed by atoms with Gasteiger partial charge in [0, 0.05) is 71.6 Å². The summed E-state index contributed by atoms with van der Waals surface area (Å²) in [4.78, 5) is 15.0. The maximum Gasteiger partial charge on any atom is 0.230 e. The highest BCUT2D eigenvalue weighted by atomic mass is 35.5. The molecule has 276 valence electrons. The molecule has 9 nitrogen and oxygen atoms in total. The fourth-order valence-electron chi connectivity index (χ4n) is 5.29. The van der Waals surface area contributed by atoms with E-state index in [1.165, 1.54) is 24.3 Å². The van der Waals surface area contributed by atoms with Gasteiger partial charge in [-0.15, -0.1) is 0 Å². The van der Waals surface area contributed by atoms with E-state index in [1.807, 2.05) is 24.3 Å². The Hall–Kier alpha value is -5.85. The molecule has 0 spiro atoms. The average Bonchev–Trinajstić information content (AvgIpc) is 3.71. The first kappa shape index (κ1) is 39.4. The molecule has 2 aliphatic rings. The fourth-order valence-corrected chi connectivity index (χ4v) is 5.51. The molecule has 54 heavy (non-hydrogen) atoms. The Bertz CT molecular complexity index is 2140. The molecule has 0 radical (unpaired) electrons. The van der Waals surface area contributed by atoms with Crippen molar-refractivity contribution in [2.45, 2.75) is 31.6 Å². The number of hydrogen-bond acceptors (Lipinski definition) is 8. The third-order valence-corrected chi connectivity index (χ3v) is 8.65. The van der Waals surface area contributed by atoms with Gasteiger partial charge in [0.1, 0.15) is 11.6 Å². The molecule has 2 aliphatic heterocycles. The Morgan fingerprint density at radius 1 is 0.741 bits per heavy atom. The number of amidine groups is 1. The first-order valence-corrected chi connectivity index (χ1v) is 17.6. The van der Waals surface area contributed by atoms with Crippen LogP contribution < -0.4 is 5.73 Å². The number of carbonyl (C=O) groups is 1. The van der Waals surface area contributed by atoms with Gasteiger partial charge < -0.3 is 24.9 Å². The largest absolute Gasteiger partial charge is 0.409 e. The molecule has 0 atom stereocenters. The van der Waals surface area contributed by atoms with Crippen LogP contribution in [-0.4, -0.2) is 52.9 Å². The van der Waals surface area contributed by atoms with Crippen molar-refractivity contribution in [3.63, 3.8) is 0 Å². The van der Waals surface area contributed by atoms with E-state index in [1.54, 1.807) is 48.5 Å². The van der Waals surface area contributed by atoms with Gasteiger partial charge in [-0.1, -0.05) is 46.1 Å². The van der Waals surface area contributed by atoms with Crippen LogP contribution in [0.15, 0.2) is 107 Å². The van der Waals surface area contributed by atoms with Gasteiger partial charge in [0.15, 0.2) is 5.84 Å². The second kappa shape index (κ2) is 20.4. The lowest BCUT2D eigenvalue weighted by Crippen LogP contribution is -2.19. The minimum Gasteiger partial charge on any atom is -0.409 e. The molecule has 0 amide bonds. The Morgan fingerprint density at radius 3 is 1.72 bits per heavy atom. The topological polar surface area (TPSA) is 133 Å². The zero-order valence-corrected chi connectivity index (χ0v) is 29.9. The molecule has 0 bridgehead atoms. The lowest BCUT2D eigenvalue weighted by Gasteiger charge is -2.17. The standard InChI is InChI=1S/C21H17FN2O2.C15H11FN2O.C6H9ClO2/c22-19-3-1-2-16(14-19)5-4-15-6-8-17(9-7-15)20-23-21(26-24-20)18-10-12-25-13-11-18;16-14-3-1-2-12(10-14)5-4-11-6-8-13(9-7-11)15(17)18-19;7-6(8)5-1-3-9-4-2-5/h1-3,6-9,14,18H,10-13H2;1-3,6-10,19H,(H2,17,18);5H,1-4H2. The third-order valence-electron chi connectivity index (χ3n) is 8.34. The Balaban J connectivity index is 0.000000175. The van der Waals surface area contributed by atoms with Crippen LogP contribution >= 0.6 is 11.6 Å². The van der Waals surface area contributed by atoms with Crippen molar-refractivity contribution < 1.29 is 32.8 Å². The summed E-state index contributed by atoms with van der Waals surface area (Å²) in [6.45, 7) is 2.84. The SMILES string of the molecule is Fc1cccc(C#Cc2ccc(-c3noc(C4CCOCC4)n3)cc2)c1.N/C(=N\O)c1ccc(C#Cc2cccc(F)c2)cc1.O=C(Cl)C1CCOCC1. The molecule has 0 saturated carbocycles. The summed E-state index contributed by atoms with van der Waals surface area (Å²) in [6.07, 6.45) is 3.41. The van der Waals surface area contributed by atoms with E-state index in [0.29, 0.717) is 41.6 Å². The number of oxime groups is 1. The van der Waals surface area contributed by atoms with Crippen molar-refractivity contribution in [1.29, 1.82) is 0 Å². The quantitative estimate of drug-likeness (QED) is 0.0478. The van der Waals surface area contributed by atoms with Crippen LogP contribution in [0.4, 0.5) is 8.78 Å². The number of halogens is 3. The van der Waals surface area contributed by atoms with Gasteiger partial charge in [0.25, 0.3) is 0 Å². The van der Waals surface area contributed by atoms with Crippen LogP contribution in [-0.2, 0) is 14.3 Å². The van der Waals surface area contributed by atoms with Gasteiger partial charge in [-0.25, -0.2) is 8.78 Å². The molecular weight excluding hydrogens is 714 g/mol. The van der Waals surface area contributed by atoms with Crippen LogP contribution in [0.1, 0.15) is 65.3 Å². The van der Waals surface area contributed by atoms with Crippen molar-refractivity contribution >= 4 is 22.7 Å². The predicted molar refractivity (Wildman–Crippen MR) is 201 cm³/mol. The smallest absolute Gasteiger partial charge is 0.230 e. The van der Waals surface area contributed by atoms with E-state index >= 15 is 0 Å². The molecule has 5 aromatic rings. The van der Waals surface area contributed by atoms with Gasteiger partial charge in [-0.05, 0) is 122 Å². The summed E-state index contributed by atoms with van der Waals surface area (Å²) in [5, 5.41) is 15.3. The molecule has 0 aliphatic carbocycles. The van der Waals surface area contributed by atoms with Crippen LogP contribution in [0.25, 0.3) is 11.4 Å². The minimum absolute atomic E-state index is 0.0460. The van der Waals surface area contributed by atoms with Gasteiger partial charge in [0.2, 0.25) is 17.0 Å². The maximum atomic E-state index is 13.2. The molecule has 1 aromatic heterocycles. The second-order valence-corrected chi connectivity index (χ2v) is 12.6. The number of aromatic nitrogens is 2. The molecule has 7 rings (SSSR count). The van der Waals surface area contributed by atoms with Crippen LogP contribution in [0.2, 0.25) is 0 Å². The number of hydrogen-bond donors (Lipinski definition) is 2. The van der Waals surface area contributed by atoms with E-state index in [9.17, 15) is 13.6 Å². The zero-order valence-electron chi connectivity index (χ0n) is 29.2. The molecule has 2 fully saturated rings. The summed E-state index contributed by atoms with van der Waals surface area (Å²) in [5.74, 6) is 12.8. The van der Waals surface area contributed by atoms with E-state index < -0.39 is 0 Å². The van der Waals surface area contributed by atoms with Crippen molar-refractivity contribution in [3.8, 4) is 35.1 Å². The van der Waals surface area contributed by atoms with Gasteiger partial charge in [0.05, 0.1) is 0 Å². The van der Waals surface area contributed by atoms with Crippen molar-refractivity contribution in [3.05, 3.63) is 142 Å². The molecule has 3 heterocycles. The summed E-state index contributed by atoms with van der Waals surface area (Å²) in [5.41, 5.74) is 9.80. The molecule has 3 N–H and O–H groups in total. The first-order chi connectivity index (χ1) is 26.3. The van der Waals surface area contributed by atoms with Crippen molar-refractivity contribution in [1.82, 2.24) is 10.1 Å². The predicted octanol–water partition coefficient (Wildman–Crippen LogP) is 7.67. The highest BCUT2D eigenvalue weighted by Crippen LogP contribution is 2.27. The zero-order chi connectivity index (χ0) is 38.1. The normalized spacial score (nSPS) is 14.5. The van der Waals surface area contributed by atoms with Crippen LogP contribution in [0, 0.1) is 41.2 Å². The maximum absolute atomic E-state index is 13.2. The first-order valence-electron chi connectivity index (χ1n) is 17.2. The number of benzene rings is 4. The van der Waals surface area contributed by atoms with Gasteiger partial charge in [-0.3, -0.25) is 4.79 Å². The van der Waals surface area contributed by atoms with Crippen molar-refractivity contribution in [2.75, 3.05) is 26.4 Å². The number of rotatable bonds is 4. The van der Waals surface area contributed by atoms with Crippen molar-refractivity contribution in [2.24, 2.45) is 16.8 Å². The number of carbonyl (C=O) groups excluding carboxylic acids is 1. The summed E-state index contributed by atoms with van der Waals surface area (Å²) < 4.78 is 42.0. The van der Waals surface area contributed by atoms with E-state index in [0.717, 1.165) is 55.6 Å². The number of ether oxygens (including phenoxy) is 2. The lowest BCUT2D eigenvalue weighted by molar-refractivity contribution is -0.117. The van der Waals surface area contributed by atoms with E-state index in [-0.39, 0.29) is 34.5 Å². The Labute approximate surface area is 317 Å². The van der Waals surface area contributed by atoms with Gasteiger partial charge in [-0.2, -0.15) is 4.98 Å². The summed E-state index contributed by atoms with van der Waals surface area (Å²) in [7, 11) is 0. The molecule has 0 unspecified atom stereocenters. The summed E-state index contributed by atoms with van der Waals surface area (Å²) >= 11 is 5.26. The van der Waals surface area contributed by atoms with Crippen LogP contribution in [0.5, 0.6) is 0 Å². The van der Waals surface area contributed by atoms with E-state index in [2.05, 4.69) is 39.0 Å². The molecule has 4 aromatic carbocycles. The monoisotopic (exact) mass is 750 g/mol. The van der Waals surface area contributed by atoms with Crippen LogP contribution in [0.3, 0.4) is 0 Å². The fraction of sp³-hybridized carbons (Fsp3) is 0.238. The van der Waals surface area contributed by atoms with Gasteiger partial charge >= 0.3 is 0 Å². The molecular formula is C42H37ClF2N4O5. The molecule has 12 heteroatoms. The average molecular weight is 751 g/mol. The highest BCUT2D eigenvalue weighted by molar-refractivity contribution is 6.63. The Morgan fingerprint density at radius 2 is 1.24 bits per heavy atom. The number of nitrogens with two attached hydrogens (primary N) is 1. The lowest BCUT2D eigenvalue weighted by atomic mass is 10.0. The summed E-state index contributed by atoms with van der Waals surface area (Å²) in [6, 6.07) is 26.8. The Kier molecular flexibility index (Phi) is 14.9. The minimum atomic E-state index is -0.311. The number of nitrogens with zero attached hydrogens (tertiary/aromatic N) is 3. The second-order valence-electron chi connectivity index (χ2n) is 12.2. The third kappa shape index (κ3) is 12.4.